The number of hydrogen-bond donors (Lipinski definition) is 2. The zero-order valence-corrected chi connectivity index (χ0v) is 14.1. The normalized spacial score (nSPS) is 10.3. The Morgan fingerprint density at radius 3 is 2.38 bits per heavy atom. The molecule has 6 heteroatoms. The first-order valence-electron chi connectivity index (χ1n) is 7.41. The third kappa shape index (κ3) is 3.75. The van der Waals surface area contributed by atoms with E-state index in [1.807, 2.05) is 55.5 Å². The summed E-state index contributed by atoms with van der Waals surface area (Å²) in [4.78, 5) is 8.50. The molecule has 3 rings (SSSR count). The van der Waals surface area contributed by atoms with Crippen molar-refractivity contribution in [2.75, 3.05) is 17.7 Å². The van der Waals surface area contributed by atoms with Crippen LogP contribution >= 0.6 is 11.6 Å². The van der Waals surface area contributed by atoms with Crippen LogP contribution < -0.4 is 15.4 Å². The van der Waals surface area contributed by atoms with Crippen molar-refractivity contribution < 1.29 is 4.74 Å². The Bertz CT molecular complexity index is 854. The molecule has 24 heavy (non-hydrogen) atoms. The molecule has 122 valence electrons. The van der Waals surface area contributed by atoms with Crippen molar-refractivity contribution in [3.05, 3.63) is 65.4 Å². The number of methoxy groups -OCH3 is 1. The van der Waals surface area contributed by atoms with Gasteiger partial charge < -0.3 is 15.4 Å². The van der Waals surface area contributed by atoms with E-state index >= 15 is 0 Å². The van der Waals surface area contributed by atoms with Gasteiger partial charge in [0.25, 0.3) is 0 Å². The van der Waals surface area contributed by atoms with E-state index in [0.717, 1.165) is 22.7 Å². The molecule has 0 bridgehead atoms. The fourth-order valence-corrected chi connectivity index (χ4v) is 2.42. The lowest BCUT2D eigenvalue weighted by molar-refractivity contribution is 0.417. The van der Waals surface area contributed by atoms with Gasteiger partial charge >= 0.3 is 0 Å². The van der Waals surface area contributed by atoms with Gasteiger partial charge in [-0.1, -0.05) is 29.8 Å². The van der Waals surface area contributed by atoms with Crippen molar-refractivity contribution in [1.82, 2.24) is 9.97 Å². The molecular formula is C18H17ClN4O. The molecule has 0 amide bonds. The van der Waals surface area contributed by atoms with E-state index in [1.165, 1.54) is 6.33 Å². The van der Waals surface area contributed by atoms with Gasteiger partial charge in [0, 0.05) is 16.8 Å². The van der Waals surface area contributed by atoms with Crippen LogP contribution in [-0.4, -0.2) is 17.1 Å². The number of rotatable bonds is 5. The molecule has 3 aromatic rings. The second kappa shape index (κ2) is 7.19. The van der Waals surface area contributed by atoms with Gasteiger partial charge in [-0.15, -0.1) is 0 Å². The van der Waals surface area contributed by atoms with Crippen molar-refractivity contribution in [3.8, 4) is 5.75 Å². The molecule has 0 unspecified atom stereocenters. The quantitative estimate of drug-likeness (QED) is 0.689. The molecule has 0 saturated carbocycles. The van der Waals surface area contributed by atoms with Crippen LogP contribution in [0.5, 0.6) is 5.75 Å². The molecule has 1 aromatic heterocycles. The van der Waals surface area contributed by atoms with Crippen molar-refractivity contribution in [2.45, 2.75) is 6.92 Å². The van der Waals surface area contributed by atoms with Crippen molar-refractivity contribution in [2.24, 2.45) is 0 Å². The molecule has 1 heterocycles. The number of nitrogens with one attached hydrogen (secondary N) is 2. The fraction of sp³-hybridized carbons (Fsp3) is 0.111. The number of benzene rings is 2. The smallest absolute Gasteiger partial charge is 0.142 e. The maximum absolute atomic E-state index is 6.06. The summed E-state index contributed by atoms with van der Waals surface area (Å²) in [6.45, 7) is 2.01. The summed E-state index contributed by atoms with van der Waals surface area (Å²) >= 11 is 6.06. The number of ether oxygens (including phenoxy) is 1. The first-order chi connectivity index (χ1) is 11.7. The fourth-order valence-electron chi connectivity index (χ4n) is 2.25. The van der Waals surface area contributed by atoms with Gasteiger partial charge in [-0.25, -0.2) is 9.97 Å². The highest BCUT2D eigenvalue weighted by Gasteiger charge is 2.06. The molecule has 0 radical (unpaired) electrons. The largest absolute Gasteiger partial charge is 0.495 e. The lowest BCUT2D eigenvalue weighted by Gasteiger charge is -2.12. The molecule has 0 aliphatic carbocycles. The van der Waals surface area contributed by atoms with Gasteiger partial charge in [0.1, 0.15) is 23.7 Å². The minimum atomic E-state index is 0.664. The molecule has 5 nitrogen and oxygen atoms in total. The third-order valence-corrected chi connectivity index (χ3v) is 3.73. The summed E-state index contributed by atoms with van der Waals surface area (Å²) in [7, 11) is 1.63. The summed E-state index contributed by atoms with van der Waals surface area (Å²) in [5.74, 6) is 2.08. The summed E-state index contributed by atoms with van der Waals surface area (Å²) in [6, 6.07) is 15.2. The Kier molecular flexibility index (Phi) is 4.82. The molecule has 0 aliphatic heterocycles. The maximum Gasteiger partial charge on any atom is 0.142 e. The van der Waals surface area contributed by atoms with Gasteiger partial charge in [-0.2, -0.15) is 0 Å². The van der Waals surface area contributed by atoms with Crippen LogP contribution in [0.2, 0.25) is 5.02 Å². The summed E-state index contributed by atoms with van der Waals surface area (Å²) in [6.07, 6.45) is 1.50. The van der Waals surface area contributed by atoms with Crippen LogP contribution in [0.25, 0.3) is 0 Å². The summed E-state index contributed by atoms with van der Waals surface area (Å²) in [5.41, 5.74) is 2.82. The third-order valence-electron chi connectivity index (χ3n) is 3.50. The number of hydrogen-bond acceptors (Lipinski definition) is 5. The summed E-state index contributed by atoms with van der Waals surface area (Å²) < 4.78 is 5.34. The molecule has 0 saturated heterocycles. The van der Waals surface area contributed by atoms with Gasteiger partial charge in [0.05, 0.1) is 12.8 Å². The number of nitrogens with zero attached hydrogens (tertiary/aromatic N) is 2. The molecule has 2 N–H and O–H groups in total. The predicted octanol–water partition coefficient (Wildman–Crippen LogP) is 4.93. The van der Waals surface area contributed by atoms with Crippen LogP contribution in [0.4, 0.5) is 23.0 Å². The van der Waals surface area contributed by atoms with Gasteiger partial charge in [-0.3, -0.25) is 0 Å². The number of aromatic nitrogens is 2. The van der Waals surface area contributed by atoms with Gasteiger partial charge in [0.15, 0.2) is 0 Å². The van der Waals surface area contributed by atoms with Crippen LogP contribution in [0.1, 0.15) is 5.56 Å². The monoisotopic (exact) mass is 340 g/mol. The maximum atomic E-state index is 6.06. The number of anilines is 4. The second-order valence-corrected chi connectivity index (χ2v) is 5.63. The van der Waals surface area contributed by atoms with Crippen molar-refractivity contribution in [3.63, 3.8) is 0 Å². The van der Waals surface area contributed by atoms with E-state index in [9.17, 15) is 0 Å². The van der Waals surface area contributed by atoms with E-state index < -0.39 is 0 Å². The molecular weight excluding hydrogens is 324 g/mol. The first-order valence-corrected chi connectivity index (χ1v) is 7.79. The minimum absolute atomic E-state index is 0.664. The first kappa shape index (κ1) is 16.1. The van der Waals surface area contributed by atoms with Gasteiger partial charge in [0.2, 0.25) is 0 Å². The van der Waals surface area contributed by atoms with Crippen LogP contribution in [0.3, 0.4) is 0 Å². The van der Waals surface area contributed by atoms with Crippen LogP contribution in [0, 0.1) is 6.92 Å². The Morgan fingerprint density at radius 1 is 0.917 bits per heavy atom. The highest BCUT2D eigenvalue weighted by Crippen LogP contribution is 2.28. The lowest BCUT2D eigenvalue weighted by Crippen LogP contribution is -2.00. The van der Waals surface area contributed by atoms with E-state index in [2.05, 4.69) is 20.6 Å². The molecule has 2 aromatic carbocycles. The SMILES string of the molecule is COc1ccccc1Nc1cc(Nc2cc(Cl)ccc2C)ncn1. The Labute approximate surface area is 145 Å². The average Bonchev–Trinajstić information content (AvgIpc) is 2.59. The second-order valence-electron chi connectivity index (χ2n) is 5.20. The molecule has 0 fully saturated rings. The molecule has 0 aliphatic rings. The average molecular weight is 341 g/mol. The van der Waals surface area contributed by atoms with Crippen LogP contribution in [-0.2, 0) is 0 Å². The highest BCUT2D eigenvalue weighted by atomic mass is 35.5. The number of halogens is 1. The minimum Gasteiger partial charge on any atom is -0.495 e. The Balaban J connectivity index is 1.83. The van der Waals surface area contributed by atoms with Gasteiger partial charge in [-0.05, 0) is 36.8 Å². The molecule has 0 spiro atoms. The highest BCUT2D eigenvalue weighted by molar-refractivity contribution is 6.30. The van der Waals surface area contributed by atoms with E-state index in [0.29, 0.717) is 16.7 Å². The van der Waals surface area contributed by atoms with Crippen LogP contribution in [0.15, 0.2) is 54.9 Å². The van der Waals surface area contributed by atoms with Crippen molar-refractivity contribution >= 4 is 34.6 Å². The topological polar surface area (TPSA) is 59.1 Å². The Hall–Kier alpha value is -2.79. The predicted molar refractivity (Wildman–Crippen MR) is 97.8 cm³/mol. The zero-order chi connectivity index (χ0) is 16.9. The van der Waals surface area contributed by atoms with E-state index in [1.54, 1.807) is 7.11 Å². The van der Waals surface area contributed by atoms with Crippen molar-refractivity contribution in [1.29, 1.82) is 0 Å². The molecule has 0 atom stereocenters. The van der Waals surface area contributed by atoms with E-state index in [-0.39, 0.29) is 0 Å². The standard InChI is InChI=1S/C18H17ClN4O/c1-12-7-8-13(19)9-15(12)23-18-10-17(20-11-21-18)22-14-5-3-4-6-16(14)24-2/h3-11H,1-2H3,(H2,20,21,22,23). The zero-order valence-electron chi connectivity index (χ0n) is 13.4. The lowest BCUT2D eigenvalue weighted by atomic mass is 10.2. The Morgan fingerprint density at radius 2 is 1.62 bits per heavy atom. The summed E-state index contributed by atoms with van der Waals surface area (Å²) in [5, 5.41) is 7.17. The number of para-hydroxylation sites is 2. The number of aryl methyl sites for hydroxylation is 1. The van der Waals surface area contributed by atoms with E-state index in [4.69, 9.17) is 16.3 Å².